The van der Waals surface area contributed by atoms with Crippen LogP contribution < -0.4 is 25.5 Å². The van der Waals surface area contributed by atoms with Gasteiger partial charge < -0.3 is 20.8 Å². The average Bonchev–Trinajstić information content (AvgIpc) is 3.33. The van der Waals surface area contributed by atoms with Gasteiger partial charge in [0.05, 0.1) is 45.6 Å². The third kappa shape index (κ3) is 7.35. The summed E-state index contributed by atoms with van der Waals surface area (Å²) in [5.74, 6) is 0.0597. The maximum atomic E-state index is 13.5. The van der Waals surface area contributed by atoms with E-state index >= 15 is 0 Å². The maximum absolute atomic E-state index is 13.5. The Morgan fingerprint density at radius 3 is 2.24 bits per heavy atom. The normalized spacial score (nSPS) is 11.8. The Morgan fingerprint density at radius 2 is 1.64 bits per heavy atom. The van der Waals surface area contributed by atoms with Crippen molar-refractivity contribution >= 4 is 66.1 Å². The summed E-state index contributed by atoms with van der Waals surface area (Å²) in [6.45, 7) is 5.95. The number of anilines is 4. The molecule has 0 bridgehead atoms. The molecule has 2 aromatic heterocycles. The largest absolute Gasteiger partial charge is 0.492 e. The third-order valence-corrected chi connectivity index (χ3v) is 7.86. The van der Waals surface area contributed by atoms with Crippen molar-refractivity contribution in [3.8, 4) is 5.75 Å². The summed E-state index contributed by atoms with van der Waals surface area (Å²) in [6.07, 6.45) is 2.54. The molecule has 0 saturated carbocycles. The van der Waals surface area contributed by atoms with Crippen molar-refractivity contribution < 1.29 is 22.7 Å². The lowest BCUT2D eigenvalue weighted by Crippen LogP contribution is -2.20. The highest BCUT2D eigenvalue weighted by Gasteiger charge is 2.23. The zero-order chi connectivity index (χ0) is 30.8. The minimum atomic E-state index is -3.61. The number of nitrogens with zero attached hydrogens (tertiary/aromatic N) is 2. The maximum Gasteiger partial charge on any atom is 0.265 e. The minimum absolute atomic E-state index is 0.191. The number of methoxy groups -OCH3 is 1. The molecule has 4 N–H and O–H groups in total. The van der Waals surface area contributed by atoms with Gasteiger partial charge in [0.25, 0.3) is 11.8 Å². The van der Waals surface area contributed by atoms with E-state index in [0.717, 1.165) is 21.9 Å². The van der Waals surface area contributed by atoms with Crippen LogP contribution in [0.2, 0.25) is 0 Å². The summed E-state index contributed by atoms with van der Waals surface area (Å²) in [5, 5.41) is 8.33. The Balaban J connectivity index is 1.63. The number of nitrogens with one attached hydrogen (secondary N) is 4. The second-order valence-electron chi connectivity index (χ2n) is 10.9. The molecule has 4 aromatic rings. The number of carbonyl (C=O) groups excluding carboxylic acids is 2. The van der Waals surface area contributed by atoms with Gasteiger partial charge in [0, 0.05) is 20.3 Å². The van der Waals surface area contributed by atoms with Crippen molar-refractivity contribution in [3.05, 3.63) is 70.7 Å². The molecule has 2 amide bonds. The quantitative estimate of drug-likeness (QED) is 0.186. The monoisotopic (exact) mass is 610 g/mol. The van der Waals surface area contributed by atoms with Gasteiger partial charge in [-0.1, -0.05) is 32.9 Å². The summed E-state index contributed by atoms with van der Waals surface area (Å²) in [7, 11) is 1.47. The second kappa shape index (κ2) is 12.0. The standard InChI is InChI=1S/C29H34N6O5S2/c1-29(2,3)19-14-21(25(40-6)22(15-19)34-42(7,38)39)32-28(37)23-13-17-9-8-10-20(26(17)41-23)31-27(36)18-11-12-24(30-16-18)33-35(4)5/h8-16,34H,1-7H3,(H,30,33)(H,31,36)(H,32,37). The van der Waals surface area contributed by atoms with Crippen LogP contribution in [-0.2, 0) is 15.4 Å². The van der Waals surface area contributed by atoms with E-state index < -0.39 is 15.9 Å². The van der Waals surface area contributed by atoms with Crippen molar-refractivity contribution in [2.24, 2.45) is 0 Å². The molecule has 0 atom stereocenters. The molecule has 2 aromatic carbocycles. The molecule has 222 valence electrons. The fraction of sp³-hybridized carbons (Fsp3) is 0.276. The highest BCUT2D eigenvalue weighted by atomic mass is 32.2. The molecule has 2 heterocycles. The number of carbonyl (C=O) groups is 2. The Morgan fingerprint density at radius 1 is 0.952 bits per heavy atom. The number of hydrazine groups is 1. The Hall–Kier alpha value is -4.20. The van der Waals surface area contributed by atoms with Gasteiger partial charge in [0.1, 0.15) is 5.82 Å². The molecule has 4 rings (SSSR count). The van der Waals surface area contributed by atoms with Crippen LogP contribution in [0.4, 0.5) is 22.9 Å². The molecule has 0 unspecified atom stereocenters. The van der Waals surface area contributed by atoms with E-state index in [1.165, 1.54) is 24.6 Å². The molecule has 0 saturated heterocycles. The zero-order valence-electron chi connectivity index (χ0n) is 24.4. The number of hydrogen-bond donors (Lipinski definition) is 4. The Labute approximate surface area is 249 Å². The number of amides is 2. The van der Waals surface area contributed by atoms with Crippen LogP contribution in [0.15, 0.2) is 54.7 Å². The lowest BCUT2D eigenvalue weighted by atomic mass is 9.86. The number of thiophene rings is 1. The van der Waals surface area contributed by atoms with Crippen LogP contribution in [0.3, 0.4) is 0 Å². The first-order chi connectivity index (χ1) is 19.6. The van der Waals surface area contributed by atoms with Gasteiger partial charge in [-0.25, -0.2) is 18.4 Å². The van der Waals surface area contributed by atoms with Crippen molar-refractivity contribution in [2.45, 2.75) is 26.2 Å². The van der Waals surface area contributed by atoms with E-state index in [0.29, 0.717) is 27.6 Å². The number of aromatic nitrogens is 1. The third-order valence-electron chi connectivity index (χ3n) is 6.08. The average molecular weight is 611 g/mol. The Kier molecular flexibility index (Phi) is 8.76. The van der Waals surface area contributed by atoms with Crippen molar-refractivity contribution in [1.29, 1.82) is 0 Å². The van der Waals surface area contributed by atoms with Crippen molar-refractivity contribution in [3.63, 3.8) is 0 Å². The van der Waals surface area contributed by atoms with Gasteiger partial charge in [-0.2, -0.15) is 0 Å². The smallest absolute Gasteiger partial charge is 0.265 e. The molecule has 42 heavy (non-hydrogen) atoms. The number of hydrogen-bond acceptors (Lipinski definition) is 9. The predicted octanol–water partition coefficient (Wildman–Crippen LogP) is 5.37. The number of rotatable bonds is 9. The second-order valence-corrected chi connectivity index (χ2v) is 13.7. The van der Waals surface area contributed by atoms with Crippen LogP contribution in [0.25, 0.3) is 10.1 Å². The molecule has 13 heteroatoms. The SMILES string of the molecule is COc1c(NC(=O)c2cc3cccc(NC(=O)c4ccc(NN(C)C)nc4)c3s2)cc(C(C)(C)C)cc1NS(C)(=O)=O. The van der Waals surface area contributed by atoms with Gasteiger partial charge in [-0.05, 0) is 52.8 Å². The van der Waals surface area contributed by atoms with E-state index in [9.17, 15) is 18.0 Å². The topological polar surface area (TPSA) is 142 Å². The van der Waals surface area contributed by atoms with Crippen LogP contribution in [0.1, 0.15) is 46.4 Å². The first-order valence-electron chi connectivity index (χ1n) is 12.9. The van der Waals surface area contributed by atoms with Gasteiger partial charge in [-0.3, -0.25) is 14.3 Å². The van der Waals surface area contributed by atoms with E-state index in [1.807, 2.05) is 40.9 Å². The highest BCUT2D eigenvalue weighted by Crippen LogP contribution is 2.40. The summed E-state index contributed by atoms with van der Waals surface area (Å²) in [5.41, 5.74) is 4.97. The number of fused-ring (bicyclic) bond motifs is 1. The summed E-state index contributed by atoms with van der Waals surface area (Å²) in [6, 6.07) is 14.0. The number of sulfonamides is 1. The predicted molar refractivity (Wildman–Crippen MR) is 169 cm³/mol. The molecule has 0 spiro atoms. The van der Waals surface area contributed by atoms with Crippen LogP contribution in [-0.4, -0.2) is 57.7 Å². The van der Waals surface area contributed by atoms with Gasteiger partial charge in [-0.15, -0.1) is 11.3 Å². The lowest BCUT2D eigenvalue weighted by Gasteiger charge is -2.23. The van der Waals surface area contributed by atoms with Crippen LogP contribution >= 0.6 is 11.3 Å². The zero-order valence-corrected chi connectivity index (χ0v) is 26.1. The van der Waals surface area contributed by atoms with E-state index in [1.54, 1.807) is 47.5 Å². The fourth-order valence-corrected chi connectivity index (χ4v) is 5.70. The molecule has 0 radical (unpaired) electrons. The van der Waals surface area contributed by atoms with E-state index in [2.05, 4.69) is 25.8 Å². The molecular weight excluding hydrogens is 576 g/mol. The fourth-order valence-electron chi connectivity index (χ4n) is 4.13. The molecule has 0 aliphatic rings. The molecule has 0 fully saturated rings. The van der Waals surface area contributed by atoms with Crippen molar-refractivity contribution in [1.82, 2.24) is 9.99 Å². The van der Waals surface area contributed by atoms with Crippen LogP contribution in [0.5, 0.6) is 5.75 Å². The molecule has 0 aliphatic heterocycles. The number of ether oxygens (including phenoxy) is 1. The number of benzene rings is 2. The minimum Gasteiger partial charge on any atom is -0.492 e. The first kappa shape index (κ1) is 30.8. The summed E-state index contributed by atoms with van der Waals surface area (Å²) in [4.78, 5) is 31.1. The highest BCUT2D eigenvalue weighted by molar-refractivity contribution is 7.92. The molecule has 0 aliphatic carbocycles. The Bertz CT molecular complexity index is 1740. The molecular formula is C29H34N6O5S2. The summed E-state index contributed by atoms with van der Waals surface area (Å²) >= 11 is 1.22. The van der Waals surface area contributed by atoms with E-state index in [-0.39, 0.29) is 22.8 Å². The van der Waals surface area contributed by atoms with Crippen molar-refractivity contribution in [2.75, 3.05) is 48.2 Å². The molecule has 11 nitrogen and oxygen atoms in total. The van der Waals surface area contributed by atoms with Gasteiger partial charge in [0.15, 0.2) is 5.75 Å². The number of pyridine rings is 1. The summed E-state index contributed by atoms with van der Waals surface area (Å²) < 4.78 is 32.8. The van der Waals surface area contributed by atoms with Crippen LogP contribution in [0, 0.1) is 0 Å². The first-order valence-corrected chi connectivity index (χ1v) is 15.6. The van der Waals surface area contributed by atoms with Gasteiger partial charge >= 0.3 is 0 Å². The lowest BCUT2D eigenvalue weighted by molar-refractivity contribution is 0.102. The van der Waals surface area contributed by atoms with E-state index in [4.69, 9.17) is 4.74 Å². The van der Waals surface area contributed by atoms with Gasteiger partial charge in [0.2, 0.25) is 10.0 Å².